The molecular formula is C23H20N2O3S. The number of hydrogen-bond donors (Lipinski definition) is 0. The second-order valence-electron chi connectivity index (χ2n) is 6.92. The molecule has 0 aliphatic heterocycles. The zero-order chi connectivity index (χ0) is 20.4. The number of carbonyl (C=O) groups is 1. The zero-order valence-corrected chi connectivity index (χ0v) is 17.0. The van der Waals surface area contributed by atoms with Gasteiger partial charge < -0.3 is 4.74 Å². The molecule has 0 unspecified atom stereocenters. The maximum atomic E-state index is 13.1. The molecule has 29 heavy (non-hydrogen) atoms. The van der Waals surface area contributed by atoms with Crippen LogP contribution in [0.2, 0.25) is 0 Å². The van der Waals surface area contributed by atoms with Gasteiger partial charge in [0.1, 0.15) is 17.5 Å². The Morgan fingerprint density at radius 1 is 1.14 bits per heavy atom. The normalized spacial score (nSPS) is 12.1. The first-order valence-electron chi connectivity index (χ1n) is 9.31. The summed E-state index contributed by atoms with van der Waals surface area (Å²) in [6.07, 6.45) is 1.02. The molecule has 0 aliphatic carbocycles. The van der Waals surface area contributed by atoms with Crippen LogP contribution in [0.4, 0.5) is 0 Å². The summed E-state index contributed by atoms with van der Waals surface area (Å²) < 4.78 is 6.81. The van der Waals surface area contributed by atoms with Crippen LogP contribution in [-0.4, -0.2) is 15.5 Å². The van der Waals surface area contributed by atoms with Crippen LogP contribution in [0.25, 0.3) is 21.3 Å². The van der Waals surface area contributed by atoms with Crippen molar-refractivity contribution in [1.29, 1.82) is 0 Å². The maximum absolute atomic E-state index is 13.1. The van der Waals surface area contributed by atoms with E-state index < -0.39 is 5.97 Å². The fraction of sp³-hybridized carbons (Fsp3) is 0.174. The number of benzene rings is 2. The Morgan fingerprint density at radius 3 is 2.59 bits per heavy atom. The van der Waals surface area contributed by atoms with Crippen LogP contribution in [0.15, 0.2) is 71.1 Å². The molecule has 0 N–H and O–H groups in total. The molecule has 0 radical (unpaired) electrons. The summed E-state index contributed by atoms with van der Waals surface area (Å²) in [5.41, 5.74) is 3.61. The molecule has 0 spiro atoms. The molecule has 6 heteroatoms. The predicted octanol–water partition coefficient (Wildman–Crippen LogP) is 4.74. The van der Waals surface area contributed by atoms with Crippen LogP contribution in [0.5, 0.6) is 0 Å². The molecule has 5 nitrogen and oxygen atoms in total. The Hall–Kier alpha value is -3.25. The van der Waals surface area contributed by atoms with E-state index in [-0.39, 0.29) is 18.2 Å². The molecular weight excluding hydrogens is 384 g/mol. The van der Waals surface area contributed by atoms with Gasteiger partial charge in [-0.25, -0.2) is 4.98 Å². The number of nitrogens with zero attached hydrogens (tertiary/aromatic N) is 2. The molecule has 0 amide bonds. The van der Waals surface area contributed by atoms with Crippen molar-refractivity contribution >= 4 is 27.5 Å². The highest BCUT2D eigenvalue weighted by atomic mass is 32.1. The van der Waals surface area contributed by atoms with E-state index in [1.54, 1.807) is 0 Å². The Morgan fingerprint density at radius 2 is 1.86 bits per heavy atom. The molecule has 1 atom stereocenters. The lowest BCUT2D eigenvalue weighted by molar-refractivity contribution is -0.149. The standard InChI is InChI=1S/C23H20N2O3S/c1-15-8-10-18(11-9-15)19-13-29-22-21(19)23(27)25(14-24-22)12-20(26)28-16(2)17-6-4-3-5-7-17/h3-11,13-14,16H,12H2,1-2H3/t16-/m0/s1. The van der Waals surface area contributed by atoms with Crippen molar-refractivity contribution in [1.82, 2.24) is 9.55 Å². The first-order valence-corrected chi connectivity index (χ1v) is 10.2. The Bertz CT molecular complexity index is 1210. The molecule has 0 bridgehead atoms. The number of aromatic nitrogens is 2. The van der Waals surface area contributed by atoms with Gasteiger partial charge in [0, 0.05) is 10.9 Å². The monoisotopic (exact) mass is 404 g/mol. The van der Waals surface area contributed by atoms with Crippen LogP contribution in [0, 0.1) is 6.92 Å². The average molecular weight is 404 g/mol. The van der Waals surface area contributed by atoms with Crippen molar-refractivity contribution in [2.45, 2.75) is 26.5 Å². The lowest BCUT2D eigenvalue weighted by atomic mass is 10.1. The number of fused-ring (bicyclic) bond motifs is 1. The fourth-order valence-corrected chi connectivity index (χ4v) is 4.10. The van der Waals surface area contributed by atoms with E-state index in [1.807, 2.05) is 73.8 Å². The summed E-state index contributed by atoms with van der Waals surface area (Å²) in [7, 11) is 0. The Balaban J connectivity index is 1.60. The van der Waals surface area contributed by atoms with E-state index in [4.69, 9.17) is 4.74 Å². The minimum absolute atomic E-state index is 0.178. The predicted molar refractivity (Wildman–Crippen MR) is 115 cm³/mol. The van der Waals surface area contributed by atoms with E-state index in [2.05, 4.69) is 4.98 Å². The molecule has 4 rings (SSSR count). The summed E-state index contributed by atoms with van der Waals surface area (Å²) >= 11 is 1.42. The van der Waals surface area contributed by atoms with Crippen molar-refractivity contribution in [2.24, 2.45) is 0 Å². The fourth-order valence-electron chi connectivity index (χ4n) is 3.19. The van der Waals surface area contributed by atoms with E-state index in [0.717, 1.165) is 22.3 Å². The third-order valence-corrected chi connectivity index (χ3v) is 5.69. The van der Waals surface area contributed by atoms with E-state index in [0.29, 0.717) is 10.2 Å². The molecule has 2 aromatic carbocycles. The molecule has 2 aromatic heterocycles. The lowest BCUT2D eigenvalue weighted by Gasteiger charge is -2.14. The van der Waals surface area contributed by atoms with Gasteiger partial charge in [-0.05, 0) is 25.0 Å². The number of esters is 1. The van der Waals surface area contributed by atoms with Crippen molar-refractivity contribution in [3.8, 4) is 11.1 Å². The third-order valence-electron chi connectivity index (χ3n) is 4.80. The molecule has 2 heterocycles. The highest BCUT2D eigenvalue weighted by Gasteiger charge is 2.17. The number of carbonyl (C=O) groups excluding carboxylic acids is 1. The second-order valence-corrected chi connectivity index (χ2v) is 7.77. The van der Waals surface area contributed by atoms with Crippen LogP contribution < -0.4 is 5.56 Å². The zero-order valence-electron chi connectivity index (χ0n) is 16.2. The highest BCUT2D eigenvalue weighted by Crippen LogP contribution is 2.30. The first-order chi connectivity index (χ1) is 14.0. The number of aryl methyl sites for hydroxylation is 1. The second kappa shape index (κ2) is 8.01. The van der Waals surface area contributed by atoms with Gasteiger partial charge in [0.05, 0.1) is 11.7 Å². The van der Waals surface area contributed by atoms with Crippen LogP contribution in [-0.2, 0) is 16.1 Å². The summed E-state index contributed by atoms with van der Waals surface area (Å²) in [5, 5.41) is 2.47. The van der Waals surface area contributed by atoms with Gasteiger partial charge >= 0.3 is 5.97 Å². The van der Waals surface area contributed by atoms with Gasteiger partial charge in [-0.2, -0.15) is 0 Å². The van der Waals surface area contributed by atoms with Gasteiger partial charge in [-0.15, -0.1) is 11.3 Å². The largest absolute Gasteiger partial charge is 0.456 e. The summed E-state index contributed by atoms with van der Waals surface area (Å²) in [5.74, 6) is -0.475. The van der Waals surface area contributed by atoms with Crippen LogP contribution >= 0.6 is 11.3 Å². The molecule has 4 aromatic rings. The Labute approximate surface area is 172 Å². The number of hydrogen-bond acceptors (Lipinski definition) is 5. The van der Waals surface area contributed by atoms with Gasteiger partial charge in [0.15, 0.2) is 0 Å². The van der Waals surface area contributed by atoms with Gasteiger partial charge in [-0.1, -0.05) is 60.2 Å². The van der Waals surface area contributed by atoms with E-state index >= 15 is 0 Å². The van der Waals surface area contributed by atoms with Crippen molar-refractivity contribution in [3.05, 3.63) is 87.8 Å². The van der Waals surface area contributed by atoms with E-state index in [9.17, 15) is 9.59 Å². The highest BCUT2D eigenvalue weighted by molar-refractivity contribution is 7.17. The molecule has 0 saturated heterocycles. The van der Waals surface area contributed by atoms with Gasteiger partial charge in [0.25, 0.3) is 5.56 Å². The van der Waals surface area contributed by atoms with Gasteiger partial charge in [-0.3, -0.25) is 14.2 Å². The van der Waals surface area contributed by atoms with Crippen molar-refractivity contribution in [2.75, 3.05) is 0 Å². The quantitative estimate of drug-likeness (QED) is 0.451. The van der Waals surface area contributed by atoms with E-state index in [1.165, 1.54) is 22.2 Å². The number of ether oxygens (including phenoxy) is 1. The molecule has 0 saturated carbocycles. The lowest BCUT2D eigenvalue weighted by Crippen LogP contribution is -2.26. The topological polar surface area (TPSA) is 61.2 Å². The molecule has 0 aliphatic rings. The summed E-state index contributed by atoms with van der Waals surface area (Å²) in [6, 6.07) is 17.5. The smallest absolute Gasteiger partial charge is 0.326 e. The maximum Gasteiger partial charge on any atom is 0.326 e. The van der Waals surface area contributed by atoms with Crippen LogP contribution in [0.1, 0.15) is 24.2 Å². The van der Waals surface area contributed by atoms with Gasteiger partial charge in [0.2, 0.25) is 0 Å². The Kier molecular flexibility index (Phi) is 5.27. The average Bonchev–Trinajstić information content (AvgIpc) is 3.16. The number of rotatable bonds is 5. The van der Waals surface area contributed by atoms with Crippen molar-refractivity contribution in [3.63, 3.8) is 0 Å². The first kappa shape index (κ1) is 19.1. The molecule has 0 fully saturated rings. The van der Waals surface area contributed by atoms with Crippen LogP contribution in [0.3, 0.4) is 0 Å². The molecule has 146 valence electrons. The minimum Gasteiger partial charge on any atom is -0.456 e. The summed E-state index contributed by atoms with van der Waals surface area (Å²) in [4.78, 5) is 30.5. The third kappa shape index (κ3) is 3.98. The summed E-state index contributed by atoms with van der Waals surface area (Å²) in [6.45, 7) is 3.65. The van der Waals surface area contributed by atoms with Crippen molar-refractivity contribution < 1.29 is 9.53 Å². The SMILES string of the molecule is Cc1ccc(-c2csc3ncn(CC(=O)O[C@@H](C)c4ccccc4)c(=O)c23)cc1. The number of thiophene rings is 1. The minimum atomic E-state index is -0.475.